The third-order valence-corrected chi connectivity index (χ3v) is 4.29. The molecular weight excluding hydrogens is 504 g/mol. The first-order valence-corrected chi connectivity index (χ1v) is 13.2. The predicted octanol–water partition coefficient (Wildman–Crippen LogP) is 0.739. The number of hydrogen-bond donors (Lipinski definition) is 0. The molecule has 0 aliphatic rings. The summed E-state index contributed by atoms with van der Waals surface area (Å²) in [5, 5.41) is 0. The summed E-state index contributed by atoms with van der Waals surface area (Å²) in [6, 6.07) is 0. The maximum atomic E-state index is 11.1. The lowest BCUT2D eigenvalue weighted by molar-refractivity contribution is -0.144. The molecule has 0 aromatic carbocycles. The number of terminal acetylenes is 1. The second-order valence-electron chi connectivity index (χ2n) is 7.32. The van der Waals surface area contributed by atoms with Gasteiger partial charge in [-0.1, -0.05) is 5.92 Å². The van der Waals surface area contributed by atoms with Crippen molar-refractivity contribution in [1.29, 1.82) is 0 Å². The molecule has 0 spiro atoms. The monoisotopic (exact) mass is 552 g/mol. The quantitative estimate of drug-likeness (QED) is 0.0665. The molecule has 0 N–H and O–H groups in total. The molecule has 0 radical (unpaired) electrons. The van der Waals surface area contributed by atoms with E-state index in [0.29, 0.717) is 139 Å². The summed E-state index contributed by atoms with van der Waals surface area (Å²) < 4.78 is 58.4. The number of rotatable bonds is 32. The first kappa shape index (κ1) is 36.6. The van der Waals surface area contributed by atoms with E-state index in [1.165, 1.54) is 0 Å². The number of hydrogen-bond acceptors (Lipinski definition) is 12. The number of esters is 1. The van der Waals surface area contributed by atoms with Gasteiger partial charge in [-0.05, 0) is 6.92 Å². The molecule has 0 atom stereocenters. The molecule has 0 amide bonds. The fourth-order valence-corrected chi connectivity index (χ4v) is 2.50. The molecule has 0 aliphatic carbocycles. The van der Waals surface area contributed by atoms with Gasteiger partial charge in [0.15, 0.2) is 0 Å². The third kappa shape index (κ3) is 32.7. The molecule has 0 aliphatic heterocycles. The van der Waals surface area contributed by atoms with Gasteiger partial charge in [-0.25, -0.2) is 0 Å². The lowest BCUT2D eigenvalue weighted by Gasteiger charge is -2.09. The van der Waals surface area contributed by atoms with Gasteiger partial charge in [-0.15, -0.1) is 6.42 Å². The Balaban J connectivity index is 3.05. The Hall–Kier alpha value is -1.37. The Morgan fingerprint density at radius 1 is 0.474 bits per heavy atom. The SMILES string of the molecule is C#CCOCCOCCOCCOCCOCCOCCOCCOCCOCCOCCC(=O)OCC. The van der Waals surface area contributed by atoms with Gasteiger partial charge in [0.1, 0.15) is 6.61 Å². The van der Waals surface area contributed by atoms with Crippen LogP contribution in [-0.2, 0) is 56.9 Å². The summed E-state index contributed by atoms with van der Waals surface area (Å²) in [7, 11) is 0. The normalized spacial score (nSPS) is 11.1. The molecular formula is C26H48O12. The average Bonchev–Trinajstić information content (AvgIpc) is 2.92. The van der Waals surface area contributed by atoms with E-state index in [1.54, 1.807) is 6.92 Å². The van der Waals surface area contributed by atoms with Crippen LogP contribution in [0.15, 0.2) is 0 Å². The first-order valence-electron chi connectivity index (χ1n) is 13.2. The van der Waals surface area contributed by atoms with Gasteiger partial charge in [-0.3, -0.25) is 4.79 Å². The van der Waals surface area contributed by atoms with Crippen molar-refractivity contribution in [2.24, 2.45) is 0 Å². The summed E-state index contributed by atoms with van der Waals surface area (Å²) in [4.78, 5) is 11.1. The number of carbonyl (C=O) groups is 1. The topological polar surface area (TPSA) is 119 Å². The maximum absolute atomic E-state index is 11.1. The van der Waals surface area contributed by atoms with E-state index in [2.05, 4.69) is 5.92 Å². The van der Waals surface area contributed by atoms with Crippen molar-refractivity contribution < 1.29 is 56.9 Å². The van der Waals surface area contributed by atoms with Crippen molar-refractivity contribution in [3.05, 3.63) is 0 Å². The number of carbonyl (C=O) groups excluding carboxylic acids is 1. The van der Waals surface area contributed by atoms with Crippen molar-refractivity contribution in [3.63, 3.8) is 0 Å². The van der Waals surface area contributed by atoms with Gasteiger partial charge in [0.2, 0.25) is 0 Å². The van der Waals surface area contributed by atoms with Crippen molar-refractivity contribution in [2.45, 2.75) is 13.3 Å². The van der Waals surface area contributed by atoms with Crippen LogP contribution in [0, 0.1) is 12.3 Å². The molecule has 12 nitrogen and oxygen atoms in total. The van der Waals surface area contributed by atoms with E-state index in [-0.39, 0.29) is 12.4 Å². The zero-order valence-corrected chi connectivity index (χ0v) is 23.0. The second kappa shape index (κ2) is 33.7. The Bertz CT molecular complexity index is 515. The van der Waals surface area contributed by atoms with E-state index < -0.39 is 0 Å². The van der Waals surface area contributed by atoms with Gasteiger partial charge in [-0.2, -0.15) is 0 Å². The predicted molar refractivity (Wildman–Crippen MR) is 138 cm³/mol. The Morgan fingerprint density at radius 3 is 1.00 bits per heavy atom. The highest BCUT2D eigenvalue weighted by atomic mass is 16.6. The van der Waals surface area contributed by atoms with Gasteiger partial charge >= 0.3 is 5.97 Å². The summed E-state index contributed by atoms with van der Waals surface area (Å²) in [6.07, 6.45) is 5.33. The molecule has 0 aromatic heterocycles. The van der Waals surface area contributed by atoms with E-state index in [9.17, 15) is 4.79 Å². The fourth-order valence-electron chi connectivity index (χ4n) is 2.50. The lowest BCUT2D eigenvalue weighted by Crippen LogP contribution is -2.15. The highest BCUT2D eigenvalue weighted by molar-refractivity contribution is 5.69. The smallest absolute Gasteiger partial charge is 0.308 e. The molecule has 12 heteroatoms. The first-order chi connectivity index (χ1) is 18.8. The molecule has 0 unspecified atom stereocenters. The molecule has 0 heterocycles. The molecule has 38 heavy (non-hydrogen) atoms. The van der Waals surface area contributed by atoms with E-state index in [0.717, 1.165) is 0 Å². The third-order valence-electron chi connectivity index (χ3n) is 4.29. The van der Waals surface area contributed by atoms with Gasteiger partial charge in [0, 0.05) is 0 Å². The summed E-state index contributed by atoms with van der Waals surface area (Å²) in [5.74, 6) is 2.14. The zero-order valence-electron chi connectivity index (χ0n) is 23.0. The van der Waals surface area contributed by atoms with E-state index in [1.807, 2.05) is 0 Å². The molecule has 0 saturated heterocycles. The maximum Gasteiger partial charge on any atom is 0.308 e. The van der Waals surface area contributed by atoms with Gasteiger partial charge in [0.25, 0.3) is 0 Å². The standard InChI is InChI=1S/C26H48O12/c1-3-6-28-8-10-30-12-14-32-16-18-34-20-22-36-24-25-37-23-21-35-19-17-33-15-13-31-11-9-29-7-5-26(27)38-4-2/h1H,4-25H2,2H3. The van der Waals surface area contributed by atoms with Crippen molar-refractivity contribution >= 4 is 5.97 Å². The summed E-state index contributed by atoms with van der Waals surface area (Å²) >= 11 is 0. The molecule has 0 aromatic rings. The van der Waals surface area contributed by atoms with Gasteiger partial charge < -0.3 is 52.1 Å². The Morgan fingerprint density at radius 2 is 0.737 bits per heavy atom. The van der Waals surface area contributed by atoms with Crippen LogP contribution in [0.5, 0.6) is 0 Å². The molecule has 0 rings (SSSR count). The van der Waals surface area contributed by atoms with Crippen LogP contribution in [0.4, 0.5) is 0 Å². The van der Waals surface area contributed by atoms with Crippen LogP contribution < -0.4 is 0 Å². The van der Waals surface area contributed by atoms with E-state index in [4.69, 9.17) is 58.5 Å². The fraction of sp³-hybridized carbons (Fsp3) is 0.885. The van der Waals surface area contributed by atoms with Crippen molar-refractivity contribution in [2.75, 3.05) is 139 Å². The van der Waals surface area contributed by atoms with Crippen LogP contribution in [0.2, 0.25) is 0 Å². The zero-order chi connectivity index (χ0) is 27.6. The molecule has 0 fully saturated rings. The van der Waals surface area contributed by atoms with Crippen molar-refractivity contribution in [3.8, 4) is 12.3 Å². The van der Waals surface area contributed by atoms with Crippen LogP contribution in [0.25, 0.3) is 0 Å². The Labute approximate surface area is 227 Å². The largest absolute Gasteiger partial charge is 0.466 e. The van der Waals surface area contributed by atoms with E-state index >= 15 is 0 Å². The Kier molecular flexibility index (Phi) is 32.4. The lowest BCUT2D eigenvalue weighted by atomic mass is 10.5. The van der Waals surface area contributed by atoms with Crippen LogP contribution in [0.1, 0.15) is 13.3 Å². The minimum absolute atomic E-state index is 0.251. The van der Waals surface area contributed by atoms with Gasteiger partial charge in [0.05, 0.1) is 139 Å². The second-order valence-corrected chi connectivity index (χ2v) is 7.32. The highest BCUT2D eigenvalue weighted by Crippen LogP contribution is 1.89. The minimum Gasteiger partial charge on any atom is -0.466 e. The van der Waals surface area contributed by atoms with Crippen LogP contribution in [-0.4, -0.2) is 145 Å². The molecule has 224 valence electrons. The molecule has 0 bridgehead atoms. The summed E-state index contributed by atoms with van der Waals surface area (Å²) in [6.45, 7) is 11.7. The average molecular weight is 553 g/mol. The van der Waals surface area contributed by atoms with Crippen LogP contribution >= 0.6 is 0 Å². The highest BCUT2D eigenvalue weighted by Gasteiger charge is 2.00. The minimum atomic E-state index is -0.251. The number of ether oxygens (including phenoxy) is 11. The van der Waals surface area contributed by atoms with Crippen molar-refractivity contribution in [1.82, 2.24) is 0 Å². The summed E-state index contributed by atoms with van der Waals surface area (Å²) in [5.41, 5.74) is 0. The van der Waals surface area contributed by atoms with Crippen LogP contribution in [0.3, 0.4) is 0 Å². The molecule has 0 saturated carbocycles.